The van der Waals surface area contributed by atoms with E-state index in [0.29, 0.717) is 18.7 Å². The molecule has 3 nitrogen and oxygen atoms in total. The molecule has 3 N–H and O–H groups in total. The van der Waals surface area contributed by atoms with Gasteiger partial charge in [0.2, 0.25) is 0 Å². The van der Waals surface area contributed by atoms with Crippen molar-refractivity contribution in [1.82, 2.24) is 5.32 Å². The van der Waals surface area contributed by atoms with Gasteiger partial charge in [0.1, 0.15) is 0 Å². The highest BCUT2D eigenvalue weighted by Crippen LogP contribution is 2.17. The molecule has 0 saturated carbocycles. The fourth-order valence-corrected chi connectivity index (χ4v) is 2.92. The Hall–Kier alpha value is -1.74. The minimum atomic E-state index is -0.0752. The first-order valence-electron chi connectivity index (χ1n) is 6.42. The molecule has 108 valence electrons. The number of amides is 1. The van der Waals surface area contributed by atoms with Gasteiger partial charge in [-0.1, -0.05) is 11.8 Å². The molecule has 0 bridgehead atoms. The van der Waals surface area contributed by atoms with E-state index < -0.39 is 0 Å². The summed E-state index contributed by atoms with van der Waals surface area (Å²) < 4.78 is 0. The predicted molar refractivity (Wildman–Crippen MR) is 89.6 cm³/mol. The van der Waals surface area contributed by atoms with Crippen molar-refractivity contribution < 1.29 is 4.79 Å². The molecular weight excluding hydrogens is 300 g/mol. The van der Waals surface area contributed by atoms with Crippen LogP contribution in [0.1, 0.15) is 20.8 Å². The summed E-state index contributed by atoms with van der Waals surface area (Å²) in [4.78, 5) is 14.3. The van der Waals surface area contributed by atoms with Gasteiger partial charge >= 0.3 is 0 Å². The van der Waals surface area contributed by atoms with Crippen molar-refractivity contribution in [1.29, 1.82) is 0 Å². The SMILES string of the molecule is CSc1ccc(C(=O)NCc2sccc2C#CCN)cc1. The summed E-state index contributed by atoms with van der Waals surface area (Å²) in [6.07, 6.45) is 2.01. The maximum atomic E-state index is 12.1. The quantitative estimate of drug-likeness (QED) is 0.673. The van der Waals surface area contributed by atoms with E-state index >= 15 is 0 Å². The van der Waals surface area contributed by atoms with Crippen molar-refractivity contribution >= 4 is 29.0 Å². The Bertz CT molecular complexity index is 666. The molecule has 2 rings (SSSR count). The van der Waals surface area contributed by atoms with Gasteiger partial charge in [-0.2, -0.15) is 0 Å². The van der Waals surface area contributed by atoms with Crippen LogP contribution in [-0.2, 0) is 6.54 Å². The van der Waals surface area contributed by atoms with Crippen molar-refractivity contribution in [2.45, 2.75) is 11.4 Å². The van der Waals surface area contributed by atoms with Gasteiger partial charge in [-0.15, -0.1) is 23.1 Å². The van der Waals surface area contributed by atoms with Crippen molar-refractivity contribution in [2.75, 3.05) is 12.8 Å². The topological polar surface area (TPSA) is 55.1 Å². The van der Waals surface area contributed by atoms with Gasteiger partial charge in [0.15, 0.2) is 0 Å². The molecule has 21 heavy (non-hydrogen) atoms. The number of thiophene rings is 1. The zero-order valence-electron chi connectivity index (χ0n) is 11.7. The molecule has 0 aliphatic rings. The van der Waals surface area contributed by atoms with Crippen molar-refractivity contribution in [3.8, 4) is 11.8 Å². The molecular formula is C16H16N2OS2. The van der Waals surface area contributed by atoms with Gasteiger partial charge in [-0.05, 0) is 42.0 Å². The highest BCUT2D eigenvalue weighted by molar-refractivity contribution is 7.98. The van der Waals surface area contributed by atoms with Crippen LogP contribution in [0.3, 0.4) is 0 Å². The van der Waals surface area contributed by atoms with E-state index in [1.807, 2.05) is 42.0 Å². The van der Waals surface area contributed by atoms with E-state index in [2.05, 4.69) is 17.2 Å². The molecule has 1 amide bonds. The van der Waals surface area contributed by atoms with Crippen LogP contribution in [-0.4, -0.2) is 18.7 Å². The van der Waals surface area contributed by atoms with Crippen LogP contribution in [0.4, 0.5) is 0 Å². The molecule has 2 aromatic rings. The molecule has 0 saturated heterocycles. The van der Waals surface area contributed by atoms with Gasteiger partial charge in [0.25, 0.3) is 5.91 Å². The van der Waals surface area contributed by atoms with Gasteiger partial charge in [-0.25, -0.2) is 0 Å². The van der Waals surface area contributed by atoms with Crippen LogP contribution in [0.2, 0.25) is 0 Å². The van der Waals surface area contributed by atoms with Crippen LogP contribution in [0.15, 0.2) is 40.6 Å². The van der Waals surface area contributed by atoms with Crippen LogP contribution in [0, 0.1) is 11.8 Å². The molecule has 1 heterocycles. The van der Waals surface area contributed by atoms with Gasteiger partial charge in [0.05, 0.1) is 13.1 Å². The summed E-state index contributed by atoms with van der Waals surface area (Å²) in [6.45, 7) is 0.818. The Morgan fingerprint density at radius 1 is 1.33 bits per heavy atom. The fourth-order valence-electron chi connectivity index (χ4n) is 1.74. The van der Waals surface area contributed by atoms with Crippen molar-refractivity contribution in [2.24, 2.45) is 5.73 Å². The van der Waals surface area contributed by atoms with E-state index in [1.165, 1.54) is 0 Å². The Morgan fingerprint density at radius 3 is 2.76 bits per heavy atom. The van der Waals surface area contributed by atoms with Crippen LogP contribution < -0.4 is 11.1 Å². The van der Waals surface area contributed by atoms with Crippen LogP contribution in [0.25, 0.3) is 0 Å². The average Bonchev–Trinajstić information content (AvgIpc) is 2.98. The molecule has 0 fully saturated rings. The third kappa shape index (κ3) is 4.36. The number of benzene rings is 1. The largest absolute Gasteiger partial charge is 0.347 e. The Kier molecular flexibility index (Phi) is 5.88. The molecule has 0 radical (unpaired) electrons. The molecule has 0 spiro atoms. The molecule has 0 aliphatic heterocycles. The Morgan fingerprint density at radius 2 is 2.10 bits per heavy atom. The second-order valence-corrected chi connectivity index (χ2v) is 6.05. The number of carbonyl (C=O) groups excluding carboxylic acids is 1. The van der Waals surface area contributed by atoms with Crippen LogP contribution >= 0.6 is 23.1 Å². The maximum absolute atomic E-state index is 12.1. The summed E-state index contributed by atoms with van der Waals surface area (Å²) in [6, 6.07) is 9.52. The number of hydrogen-bond acceptors (Lipinski definition) is 4. The highest BCUT2D eigenvalue weighted by Gasteiger charge is 2.07. The van der Waals surface area contributed by atoms with Crippen LogP contribution in [0.5, 0.6) is 0 Å². The van der Waals surface area contributed by atoms with E-state index in [-0.39, 0.29) is 5.91 Å². The number of rotatable bonds is 4. The molecule has 5 heteroatoms. The first-order chi connectivity index (χ1) is 10.2. The number of nitrogens with one attached hydrogen (secondary N) is 1. The maximum Gasteiger partial charge on any atom is 0.251 e. The van der Waals surface area contributed by atoms with E-state index in [1.54, 1.807) is 23.1 Å². The third-order valence-electron chi connectivity index (χ3n) is 2.83. The second kappa shape index (κ2) is 7.89. The standard InChI is InChI=1S/C16H16N2OS2/c1-20-14-6-4-13(5-7-14)16(19)18-11-15-12(3-2-9-17)8-10-21-15/h4-8,10H,9,11,17H2,1H3,(H,18,19). The molecule has 0 unspecified atom stereocenters. The normalized spacial score (nSPS) is 9.81. The number of nitrogens with two attached hydrogens (primary N) is 1. The summed E-state index contributed by atoms with van der Waals surface area (Å²) in [7, 11) is 0. The van der Waals surface area contributed by atoms with E-state index in [4.69, 9.17) is 5.73 Å². The highest BCUT2D eigenvalue weighted by atomic mass is 32.2. The van der Waals surface area contributed by atoms with Gasteiger partial charge < -0.3 is 11.1 Å². The van der Waals surface area contributed by atoms with E-state index in [0.717, 1.165) is 15.3 Å². The smallest absolute Gasteiger partial charge is 0.251 e. The molecule has 0 aliphatic carbocycles. The van der Waals surface area contributed by atoms with Gasteiger partial charge in [0, 0.05) is 20.9 Å². The molecule has 1 aromatic carbocycles. The molecule has 1 aromatic heterocycles. The predicted octanol–water partition coefficient (Wildman–Crippen LogP) is 2.71. The average molecular weight is 316 g/mol. The summed E-state index contributed by atoms with van der Waals surface area (Å²) >= 11 is 3.24. The second-order valence-electron chi connectivity index (χ2n) is 4.17. The fraction of sp³-hybridized carbons (Fsp3) is 0.188. The summed E-state index contributed by atoms with van der Waals surface area (Å²) in [5.41, 5.74) is 6.97. The zero-order chi connectivity index (χ0) is 15.1. The summed E-state index contributed by atoms with van der Waals surface area (Å²) in [5.74, 6) is 5.77. The minimum absolute atomic E-state index is 0.0752. The molecule has 0 atom stereocenters. The lowest BCUT2D eigenvalue weighted by Crippen LogP contribution is -2.22. The lowest BCUT2D eigenvalue weighted by atomic mass is 10.2. The first kappa shape index (κ1) is 15.6. The monoisotopic (exact) mass is 316 g/mol. The van der Waals surface area contributed by atoms with Crippen molar-refractivity contribution in [3.63, 3.8) is 0 Å². The number of thioether (sulfide) groups is 1. The summed E-state index contributed by atoms with van der Waals surface area (Å²) in [5, 5.41) is 4.89. The Balaban J connectivity index is 1.99. The lowest BCUT2D eigenvalue weighted by molar-refractivity contribution is 0.0951. The van der Waals surface area contributed by atoms with E-state index in [9.17, 15) is 4.79 Å². The minimum Gasteiger partial charge on any atom is -0.347 e. The first-order valence-corrected chi connectivity index (χ1v) is 8.52. The lowest BCUT2D eigenvalue weighted by Gasteiger charge is -2.05. The number of carbonyl (C=O) groups is 1. The number of hydrogen-bond donors (Lipinski definition) is 2. The van der Waals surface area contributed by atoms with Crippen molar-refractivity contribution in [3.05, 3.63) is 51.7 Å². The third-order valence-corrected chi connectivity index (χ3v) is 4.50. The van der Waals surface area contributed by atoms with Gasteiger partial charge in [-0.3, -0.25) is 4.79 Å². The zero-order valence-corrected chi connectivity index (χ0v) is 13.3. The Labute approximate surface area is 132 Å².